The Kier molecular flexibility index (Phi) is 1.58. The molecule has 1 aliphatic heterocycles. The molecule has 0 aromatic carbocycles. The molecule has 0 aromatic heterocycles. The molecule has 0 aromatic rings. The third-order valence-corrected chi connectivity index (χ3v) is 1.38. The number of nitrogens with zero attached hydrogens (tertiary/aromatic N) is 1. The fourth-order valence-corrected chi connectivity index (χ4v) is 0.745. The lowest BCUT2D eigenvalue weighted by molar-refractivity contribution is -0.128. The van der Waals surface area contributed by atoms with E-state index in [2.05, 4.69) is 5.32 Å². The van der Waals surface area contributed by atoms with Crippen molar-refractivity contribution in [2.75, 3.05) is 7.05 Å². The van der Waals surface area contributed by atoms with Crippen LogP contribution in [0.4, 0.5) is 4.79 Å². The zero-order chi connectivity index (χ0) is 7.72. The van der Waals surface area contributed by atoms with E-state index in [-0.39, 0.29) is 12.3 Å². The predicted octanol–water partition coefficient (Wildman–Crippen LogP) is -1.16. The van der Waals surface area contributed by atoms with Gasteiger partial charge in [-0.25, -0.2) is 4.79 Å². The summed E-state index contributed by atoms with van der Waals surface area (Å²) in [5, 5.41) is 2.40. The molecule has 56 valence electrons. The minimum atomic E-state index is -0.517. The van der Waals surface area contributed by atoms with Gasteiger partial charge in [0.05, 0.1) is 12.6 Å². The van der Waals surface area contributed by atoms with Gasteiger partial charge in [0, 0.05) is 7.05 Å². The van der Waals surface area contributed by atoms with Gasteiger partial charge in [-0.2, -0.15) is 0 Å². The highest BCUT2D eigenvalue weighted by Crippen LogP contribution is 1.99. The minimum absolute atomic E-state index is 0.183. The molecule has 1 fully saturated rings. The monoisotopic (exact) mass is 143 g/mol. The van der Waals surface area contributed by atoms with E-state index < -0.39 is 12.2 Å². The second-order valence-corrected chi connectivity index (χ2v) is 2.21. The third kappa shape index (κ3) is 1.08. The Morgan fingerprint density at radius 1 is 1.70 bits per heavy atom. The maximum atomic E-state index is 10.8. The molecule has 1 heterocycles. The van der Waals surface area contributed by atoms with Crippen molar-refractivity contribution < 1.29 is 9.59 Å². The first-order chi connectivity index (χ1) is 4.61. The number of hydrogen-bond donors (Lipinski definition) is 2. The van der Waals surface area contributed by atoms with E-state index in [4.69, 9.17) is 5.73 Å². The van der Waals surface area contributed by atoms with Gasteiger partial charge in [-0.3, -0.25) is 9.69 Å². The highest BCUT2D eigenvalue weighted by atomic mass is 16.2. The lowest BCUT2D eigenvalue weighted by atomic mass is 10.3. The Morgan fingerprint density at radius 2 is 2.30 bits per heavy atom. The lowest BCUT2D eigenvalue weighted by Gasteiger charge is -2.25. The van der Waals surface area contributed by atoms with Crippen molar-refractivity contribution in [3.63, 3.8) is 0 Å². The number of carbonyl (C=O) groups excluding carboxylic acids is 2. The van der Waals surface area contributed by atoms with Crippen LogP contribution in [0, 0.1) is 0 Å². The standard InChI is InChI=1S/C5H9N3O2/c1-8-4(9)2-3(6)7-5(8)10/h3H,2,6H2,1H3,(H,7,10). The van der Waals surface area contributed by atoms with Gasteiger partial charge in [0.15, 0.2) is 0 Å². The van der Waals surface area contributed by atoms with Crippen LogP contribution in [0.15, 0.2) is 0 Å². The molecular formula is C5H9N3O2. The van der Waals surface area contributed by atoms with Gasteiger partial charge in [-0.1, -0.05) is 0 Å². The zero-order valence-corrected chi connectivity index (χ0v) is 5.63. The number of rotatable bonds is 0. The molecule has 0 radical (unpaired) electrons. The van der Waals surface area contributed by atoms with E-state index >= 15 is 0 Å². The fraction of sp³-hybridized carbons (Fsp3) is 0.600. The van der Waals surface area contributed by atoms with Crippen LogP contribution >= 0.6 is 0 Å². The van der Waals surface area contributed by atoms with E-state index in [0.717, 1.165) is 4.90 Å². The van der Waals surface area contributed by atoms with E-state index in [0.29, 0.717) is 0 Å². The van der Waals surface area contributed by atoms with Gasteiger partial charge >= 0.3 is 6.03 Å². The van der Waals surface area contributed by atoms with Crippen LogP contribution in [-0.4, -0.2) is 30.1 Å². The molecule has 1 atom stereocenters. The summed E-state index contributed by atoms with van der Waals surface area (Å²) in [7, 11) is 1.42. The molecule has 0 bridgehead atoms. The van der Waals surface area contributed by atoms with E-state index in [1.807, 2.05) is 0 Å². The highest BCUT2D eigenvalue weighted by molar-refractivity contribution is 5.96. The van der Waals surface area contributed by atoms with Crippen molar-refractivity contribution in [1.29, 1.82) is 0 Å². The Balaban J connectivity index is 2.66. The molecule has 0 saturated carbocycles. The van der Waals surface area contributed by atoms with Crippen molar-refractivity contribution in [3.8, 4) is 0 Å². The van der Waals surface area contributed by atoms with Crippen LogP contribution in [0.1, 0.15) is 6.42 Å². The molecule has 3 N–H and O–H groups in total. The van der Waals surface area contributed by atoms with Crippen LogP contribution in [-0.2, 0) is 4.79 Å². The minimum Gasteiger partial charge on any atom is -0.322 e. The number of urea groups is 1. The first-order valence-electron chi connectivity index (χ1n) is 2.94. The van der Waals surface area contributed by atoms with Crippen molar-refractivity contribution in [1.82, 2.24) is 10.2 Å². The number of nitrogens with one attached hydrogen (secondary N) is 1. The molecule has 1 saturated heterocycles. The first-order valence-corrected chi connectivity index (χ1v) is 2.94. The van der Waals surface area contributed by atoms with E-state index in [1.54, 1.807) is 0 Å². The number of carbonyl (C=O) groups is 2. The average Bonchev–Trinajstić information content (AvgIpc) is 1.82. The third-order valence-electron chi connectivity index (χ3n) is 1.38. The van der Waals surface area contributed by atoms with Gasteiger partial charge < -0.3 is 11.1 Å². The molecule has 1 rings (SSSR count). The van der Waals surface area contributed by atoms with E-state index in [1.165, 1.54) is 7.05 Å². The second kappa shape index (κ2) is 2.26. The van der Waals surface area contributed by atoms with E-state index in [9.17, 15) is 9.59 Å². The van der Waals surface area contributed by atoms with Crippen molar-refractivity contribution >= 4 is 11.9 Å². The van der Waals surface area contributed by atoms with Crippen LogP contribution in [0.2, 0.25) is 0 Å². The van der Waals surface area contributed by atoms with Gasteiger partial charge in [0.2, 0.25) is 5.91 Å². The smallest absolute Gasteiger partial charge is 0.322 e. The Labute approximate surface area is 58.2 Å². The number of imide groups is 1. The predicted molar refractivity (Wildman–Crippen MR) is 33.9 cm³/mol. The van der Waals surface area contributed by atoms with Crippen molar-refractivity contribution in [2.24, 2.45) is 5.73 Å². The average molecular weight is 143 g/mol. The summed E-state index contributed by atoms with van der Waals surface area (Å²) >= 11 is 0. The Morgan fingerprint density at radius 3 is 2.80 bits per heavy atom. The maximum Gasteiger partial charge on any atom is 0.325 e. The first kappa shape index (κ1) is 7.01. The second-order valence-electron chi connectivity index (χ2n) is 2.21. The summed E-state index contributed by atoms with van der Waals surface area (Å²) in [6.07, 6.45) is -0.335. The van der Waals surface area contributed by atoms with Crippen LogP contribution in [0.25, 0.3) is 0 Å². The molecule has 3 amide bonds. The summed E-state index contributed by atoms with van der Waals surface area (Å²) in [6.45, 7) is 0. The summed E-state index contributed by atoms with van der Waals surface area (Å²) in [6, 6.07) is -0.427. The molecule has 1 unspecified atom stereocenters. The SMILES string of the molecule is CN1C(=O)CC(N)NC1=O. The molecule has 5 nitrogen and oxygen atoms in total. The van der Waals surface area contributed by atoms with Crippen LogP contribution in [0.3, 0.4) is 0 Å². The lowest BCUT2D eigenvalue weighted by Crippen LogP contribution is -2.56. The molecule has 0 aliphatic carbocycles. The molecule has 1 aliphatic rings. The topological polar surface area (TPSA) is 75.4 Å². The normalized spacial score (nSPS) is 26.6. The number of hydrogen-bond acceptors (Lipinski definition) is 3. The van der Waals surface area contributed by atoms with Gasteiger partial charge in [0.25, 0.3) is 0 Å². The van der Waals surface area contributed by atoms with Gasteiger partial charge in [-0.15, -0.1) is 0 Å². The summed E-state index contributed by atoms with van der Waals surface area (Å²) in [5.41, 5.74) is 5.30. The van der Waals surface area contributed by atoms with Gasteiger partial charge in [-0.05, 0) is 0 Å². The van der Waals surface area contributed by atoms with Crippen molar-refractivity contribution in [2.45, 2.75) is 12.6 Å². The molecule has 10 heavy (non-hydrogen) atoms. The highest BCUT2D eigenvalue weighted by Gasteiger charge is 2.26. The number of amides is 3. The molecule has 0 spiro atoms. The summed E-state index contributed by atoms with van der Waals surface area (Å²) < 4.78 is 0. The van der Waals surface area contributed by atoms with Gasteiger partial charge in [0.1, 0.15) is 0 Å². The number of nitrogens with two attached hydrogens (primary N) is 1. The largest absolute Gasteiger partial charge is 0.325 e. The Hall–Kier alpha value is -1.10. The molecular weight excluding hydrogens is 134 g/mol. The van der Waals surface area contributed by atoms with Crippen LogP contribution < -0.4 is 11.1 Å². The quantitative estimate of drug-likeness (QED) is 0.449. The molecule has 5 heteroatoms. The Bertz CT molecular complexity index is 162. The summed E-state index contributed by atoms with van der Waals surface area (Å²) in [4.78, 5) is 22.5. The maximum absolute atomic E-state index is 10.8. The summed E-state index contributed by atoms with van der Waals surface area (Å²) in [5.74, 6) is -0.240. The zero-order valence-electron chi connectivity index (χ0n) is 5.63. The van der Waals surface area contributed by atoms with Crippen molar-refractivity contribution in [3.05, 3.63) is 0 Å². The fourth-order valence-electron chi connectivity index (χ4n) is 0.745. The van der Waals surface area contributed by atoms with Crippen LogP contribution in [0.5, 0.6) is 0 Å².